The molecule has 5 nitrogen and oxygen atoms in total. The number of hydrogen-bond donors (Lipinski definition) is 2. The summed E-state index contributed by atoms with van der Waals surface area (Å²) in [7, 11) is 0.680. The summed E-state index contributed by atoms with van der Waals surface area (Å²) in [6, 6.07) is 22.8. The number of carbonyl (C=O) groups is 1. The third kappa shape index (κ3) is 7.62. The van der Waals surface area contributed by atoms with Crippen LogP contribution in [0.3, 0.4) is 0 Å². The molecule has 43 heavy (non-hydrogen) atoms. The van der Waals surface area contributed by atoms with Crippen LogP contribution in [0.1, 0.15) is 81.5 Å². The third-order valence-corrected chi connectivity index (χ3v) is 10.7. The maximum absolute atomic E-state index is 13.7. The predicted molar refractivity (Wildman–Crippen MR) is 182 cm³/mol. The number of amides is 1. The first-order valence-corrected chi connectivity index (χ1v) is 17.7. The molecule has 5 rings (SSSR count). The van der Waals surface area contributed by atoms with E-state index in [-0.39, 0.29) is 11.4 Å². The number of benzene rings is 3. The zero-order valence-electron chi connectivity index (χ0n) is 26.2. The Labute approximate surface area is 263 Å². The van der Waals surface area contributed by atoms with Crippen LogP contribution in [-0.4, -0.2) is 26.0 Å². The van der Waals surface area contributed by atoms with Crippen LogP contribution in [0.25, 0.3) is 21.9 Å². The number of rotatable bonds is 10. The fourth-order valence-corrected chi connectivity index (χ4v) is 8.05. The molecule has 1 aromatic heterocycles. The Kier molecular flexibility index (Phi) is 10.2. The van der Waals surface area contributed by atoms with Gasteiger partial charge in [0.1, 0.15) is 16.7 Å². The molecule has 228 valence electrons. The highest BCUT2D eigenvalue weighted by molar-refractivity contribution is 7.99. The molecule has 1 fully saturated rings. The van der Waals surface area contributed by atoms with Gasteiger partial charge in [-0.05, 0) is 85.0 Å². The Hall–Kier alpha value is -2.87. The van der Waals surface area contributed by atoms with E-state index in [2.05, 4.69) is 70.1 Å². The molecular formula is C36H45N3O2S2. The fourth-order valence-electron chi connectivity index (χ4n) is 6.15. The Morgan fingerprint density at radius 1 is 0.953 bits per heavy atom. The van der Waals surface area contributed by atoms with Gasteiger partial charge >= 0.3 is 0 Å². The molecule has 7 heteroatoms. The second-order valence-corrected chi connectivity index (χ2v) is 15.2. The van der Waals surface area contributed by atoms with Crippen molar-refractivity contribution in [3.63, 3.8) is 0 Å². The van der Waals surface area contributed by atoms with Crippen molar-refractivity contribution in [1.29, 1.82) is 0 Å². The van der Waals surface area contributed by atoms with Gasteiger partial charge in [-0.3, -0.25) is 4.79 Å². The molecule has 1 aliphatic carbocycles. The van der Waals surface area contributed by atoms with Gasteiger partial charge in [-0.1, -0.05) is 81.5 Å². The van der Waals surface area contributed by atoms with Crippen molar-refractivity contribution in [1.82, 2.24) is 14.6 Å². The van der Waals surface area contributed by atoms with Crippen molar-refractivity contribution < 1.29 is 9.00 Å². The van der Waals surface area contributed by atoms with E-state index in [0.717, 1.165) is 44.5 Å². The van der Waals surface area contributed by atoms with Gasteiger partial charge in [-0.15, -0.1) is 11.8 Å². The first-order chi connectivity index (χ1) is 20.6. The van der Waals surface area contributed by atoms with E-state index in [9.17, 15) is 9.00 Å². The Morgan fingerprint density at radius 2 is 1.65 bits per heavy atom. The van der Waals surface area contributed by atoms with Gasteiger partial charge in [0, 0.05) is 35.3 Å². The molecule has 1 unspecified atom stereocenters. The van der Waals surface area contributed by atoms with Gasteiger partial charge in [0.2, 0.25) is 0 Å². The topological polar surface area (TPSA) is 63.1 Å². The summed E-state index contributed by atoms with van der Waals surface area (Å²) in [6.45, 7) is 8.71. The lowest BCUT2D eigenvalue weighted by Gasteiger charge is -2.23. The standard InChI is InChI=1S/C36H45N3O2S2/c1-6-42-27-18-16-26(17-19-27)24-37-35(40)33-23-31(32(39(33)5)22-25-12-8-7-9-13-25)29-20-21-34(43(41)38-36(2,3)4)30-15-11-10-14-28(29)30/h10-11,14-21,23,25,38H,6-9,12-13,22,24H2,1-5H3,(H,37,40). The first-order valence-electron chi connectivity index (χ1n) is 15.5. The maximum atomic E-state index is 13.7. The molecule has 0 radical (unpaired) electrons. The number of hydrogen-bond acceptors (Lipinski definition) is 3. The molecule has 1 saturated carbocycles. The molecular weight excluding hydrogens is 571 g/mol. The summed E-state index contributed by atoms with van der Waals surface area (Å²) in [5, 5.41) is 5.19. The zero-order chi connectivity index (χ0) is 30.6. The number of carbonyl (C=O) groups excluding carboxylic acids is 1. The quantitative estimate of drug-likeness (QED) is 0.176. The monoisotopic (exact) mass is 615 g/mol. The summed E-state index contributed by atoms with van der Waals surface area (Å²) < 4.78 is 18.7. The fraction of sp³-hybridized carbons (Fsp3) is 0.417. The molecule has 1 heterocycles. The Balaban J connectivity index is 1.51. The van der Waals surface area contributed by atoms with Crippen molar-refractivity contribution >= 4 is 39.4 Å². The molecule has 0 aliphatic heterocycles. The average Bonchev–Trinajstić information content (AvgIpc) is 3.31. The summed E-state index contributed by atoms with van der Waals surface area (Å²) in [6.07, 6.45) is 7.28. The minimum atomic E-state index is -1.35. The summed E-state index contributed by atoms with van der Waals surface area (Å²) in [5.74, 6) is 1.59. The minimum Gasteiger partial charge on any atom is -0.347 e. The van der Waals surface area contributed by atoms with E-state index in [0.29, 0.717) is 18.2 Å². The number of nitrogens with zero attached hydrogens (tertiary/aromatic N) is 1. The van der Waals surface area contributed by atoms with E-state index < -0.39 is 11.0 Å². The molecule has 1 aliphatic rings. The lowest BCUT2D eigenvalue weighted by Crippen LogP contribution is -2.37. The lowest BCUT2D eigenvalue weighted by atomic mass is 9.84. The summed E-state index contributed by atoms with van der Waals surface area (Å²) in [4.78, 5) is 15.7. The molecule has 0 spiro atoms. The second-order valence-electron chi connectivity index (χ2n) is 12.7. The first kappa shape index (κ1) is 31.6. The van der Waals surface area contributed by atoms with Crippen LogP contribution in [0.15, 0.2) is 76.5 Å². The third-order valence-electron chi connectivity index (χ3n) is 8.26. The van der Waals surface area contributed by atoms with Crippen LogP contribution < -0.4 is 10.0 Å². The van der Waals surface area contributed by atoms with Gasteiger partial charge in [0.25, 0.3) is 5.91 Å². The smallest absolute Gasteiger partial charge is 0.268 e. The average molecular weight is 616 g/mol. The Bertz CT molecular complexity index is 1600. The van der Waals surface area contributed by atoms with Crippen LogP contribution in [-0.2, 0) is 31.0 Å². The number of nitrogens with one attached hydrogen (secondary N) is 2. The van der Waals surface area contributed by atoms with E-state index in [1.165, 1.54) is 42.7 Å². The highest BCUT2D eigenvalue weighted by Gasteiger charge is 2.25. The summed E-state index contributed by atoms with van der Waals surface area (Å²) >= 11 is 1.82. The normalized spacial score (nSPS) is 15.1. The number of aromatic nitrogens is 1. The van der Waals surface area contributed by atoms with Gasteiger partial charge in [0.05, 0.1) is 4.90 Å². The van der Waals surface area contributed by atoms with Gasteiger partial charge in [0.15, 0.2) is 0 Å². The van der Waals surface area contributed by atoms with Crippen LogP contribution in [0.2, 0.25) is 0 Å². The second kappa shape index (κ2) is 13.8. The number of thioether (sulfide) groups is 1. The van der Waals surface area contributed by atoms with Crippen LogP contribution in [0, 0.1) is 5.92 Å². The van der Waals surface area contributed by atoms with Gasteiger partial charge in [-0.25, -0.2) is 8.93 Å². The number of fused-ring (bicyclic) bond motifs is 1. The van der Waals surface area contributed by atoms with Crippen molar-refractivity contribution in [2.24, 2.45) is 13.0 Å². The van der Waals surface area contributed by atoms with Crippen molar-refractivity contribution in [3.8, 4) is 11.1 Å². The van der Waals surface area contributed by atoms with Gasteiger partial charge in [-0.2, -0.15) is 0 Å². The molecule has 1 amide bonds. The molecule has 4 aromatic rings. The molecule has 0 saturated heterocycles. The van der Waals surface area contributed by atoms with Crippen molar-refractivity contribution in [2.75, 3.05) is 5.75 Å². The Morgan fingerprint density at radius 3 is 2.33 bits per heavy atom. The maximum Gasteiger partial charge on any atom is 0.268 e. The minimum absolute atomic E-state index is 0.0675. The van der Waals surface area contributed by atoms with E-state index in [1.54, 1.807) is 0 Å². The van der Waals surface area contributed by atoms with E-state index >= 15 is 0 Å². The molecule has 1 atom stereocenters. The van der Waals surface area contributed by atoms with E-state index in [1.807, 2.05) is 57.8 Å². The highest BCUT2D eigenvalue weighted by Crippen LogP contribution is 2.38. The van der Waals surface area contributed by atoms with Gasteiger partial charge < -0.3 is 9.88 Å². The lowest BCUT2D eigenvalue weighted by molar-refractivity contribution is 0.0942. The molecule has 0 bridgehead atoms. The van der Waals surface area contributed by atoms with E-state index in [4.69, 9.17) is 0 Å². The predicted octanol–water partition coefficient (Wildman–Crippen LogP) is 8.42. The van der Waals surface area contributed by atoms with Crippen molar-refractivity contribution in [3.05, 3.63) is 83.7 Å². The summed E-state index contributed by atoms with van der Waals surface area (Å²) in [5.41, 5.74) is 4.85. The molecule has 2 N–H and O–H groups in total. The highest BCUT2D eigenvalue weighted by atomic mass is 32.2. The zero-order valence-corrected chi connectivity index (χ0v) is 27.8. The van der Waals surface area contributed by atoms with Crippen LogP contribution in [0.4, 0.5) is 0 Å². The molecule has 3 aromatic carbocycles. The largest absolute Gasteiger partial charge is 0.347 e. The van der Waals surface area contributed by atoms with Crippen molar-refractivity contribution in [2.45, 2.75) is 88.1 Å². The van der Waals surface area contributed by atoms with Crippen LogP contribution >= 0.6 is 11.8 Å². The van der Waals surface area contributed by atoms with Crippen LogP contribution in [0.5, 0.6) is 0 Å². The SMILES string of the molecule is CCSc1ccc(CNC(=O)c2cc(-c3ccc(S(=O)NC(C)(C)C)c4ccccc34)c(CC3CCCCC3)n2C)cc1.